The van der Waals surface area contributed by atoms with E-state index in [0.29, 0.717) is 12.8 Å². The fraction of sp³-hybridized carbons (Fsp3) is 0.833. The predicted molar refractivity (Wildman–Crippen MR) is 72.3 cm³/mol. The number of carbonyl (C=O) groups excluding carboxylic acids is 2. The van der Waals surface area contributed by atoms with Crippen molar-refractivity contribution in [1.82, 2.24) is 10.2 Å². The molecule has 0 saturated carbocycles. The van der Waals surface area contributed by atoms with Gasteiger partial charge in [0.1, 0.15) is 0 Å². The van der Waals surface area contributed by atoms with Crippen LogP contribution in [-0.2, 0) is 19.4 Å². The largest absolute Gasteiger partial charge is 0.305 e. The average Bonchev–Trinajstić information content (AvgIpc) is 2.27. The Morgan fingerprint density at radius 3 is 2.42 bits per heavy atom. The molecule has 1 N–H and O–H groups in total. The zero-order valence-corrected chi connectivity index (χ0v) is 12.7. The highest BCUT2D eigenvalue weighted by molar-refractivity contribution is 7.92. The molecule has 0 bridgehead atoms. The van der Waals surface area contributed by atoms with Crippen LogP contribution >= 0.6 is 0 Å². The van der Waals surface area contributed by atoms with Crippen LogP contribution in [0, 0.1) is 0 Å². The third-order valence-electron chi connectivity index (χ3n) is 3.34. The van der Waals surface area contributed by atoms with Gasteiger partial charge in [-0.25, -0.2) is 8.42 Å². The zero-order chi connectivity index (χ0) is 14.8. The molecule has 1 heterocycles. The van der Waals surface area contributed by atoms with Crippen molar-refractivity contribution in [2.24, 2.45) is 0 Å². The molecule has 6 nitrogen and oxygen atoms in total. The minimum absolute atomic E-state index is 0.0159. The Balaban J connectivity index is 2.51. The number of sulfone groups is 1. The van der Waals surface area contributed by atoms with Crippen LogP contribution in [0.4, 0.5) is 0 Å². The van der Waals surface area contributed by atoms with E-state index in [9.17, 15) is 18.0 Å². The molecule has 0 spiro atoms. The van der Waals surface area contributed by atoms with Crippen molar-refractivity contribution in [3.63, 3.8) is 0 Å². The average molecular weight is 290 g/mol. The van der Waals surface area contributed by atoms with E-state index in [0.717, 1.165) is 4.90 Å². The van der Waals surface area contributed by atoms with Gasteiger partial charge in [0.25, 0.3) is 0 Å². The number of nitrogens with one attached hydrogen (secondary N) is 1. The first-order valence-electron chi connectivity index (χ1n) is 6.32. The number of rotatable bonds is 4. The first kappa shape index (κ1) is 16.1. The molecule has 1 rings (SSSR count). The van der Waals surface area contributed by atoms with Crippen molar-refractivity contribution in [1.29, 1.82) is 0 Å². The lowest BCUT2D eigenvalue weighted by Crippen LogP contribution is -2.52. The molecule has 110 valence electrons. The number of piperidine rings is 1. The van der Waals surface area contributed by atoms with Gasteiger partial charge in [0, 0.05) is 20.0 Å². The SMILES string of the molecule is CN1C(=O)CCC(NCCS(=O)(=O)C(C)(C)C)C1=O. The molecule has 7 heteroatoms. The van der Waals surface area contributed by atoms with Crippen LogP contribution in [-0.4, -0.2) is 55.3 Å². The number of imide groups is 1. The molecular formula is C12H22N2O4S. The number of nitrogens with zero attached hydrogens (tertiary/aromatic N) is 1. The molecule has 0 aliphatic carbocycles. The molecule has 1 unspecified atom stereocenters. The summed E-state index contributed by atoms with van der Waals surface area (Å²) >= 11 is 0. The first-order valence-corrected chi connectivity index (χ1v) is 7.97. The Bertz CT molecular complexity index is 465. The van der Waals surface area contributed by atoms with Crippen molar-refractivity contribution in [3.8, 4) is 0 Å². The van der Waals surface area contributed by atoms with Crippen LogP contribution in [0.15, 0.2) is 0 Å². The van der Waals surface area contributed by atoms with Gasteiger partial charge in [-0.05, 0) is 27.2 Å². The Morgan fingerprint density at radius 2 is 1.89 bits per heavy atom. The van der Waals surface area contributed by atoms with E-state index in [1.54, 1.807) is 20.8 Å². The third-order valence-corrected chi connectivity index (χ3v) is 5.95. The van der Waals surface area contributed by atoms with Gasteiger partial charge in [-0.15, -0.1) is 0 Å². The maximum absolute atomic E-state index is 11.9. The monoisotopic (exact) mass is 290 g/mol. The van der Waals surface area contributed by atoms with Gasteiger partial charge in [0.05, 0.1) is 16.5 Å². The number of amides is 2. The normalized spacial score (nSPS) is 21.9. The van der Waals surface area contributed by atoms with Crippen LogP contribution in [0.2, 0.25) is 0 Å². The maximum atomic E-state index is 11.9. The molecule has 0 radical (unpaired) electrons. The summed E-state index contributed by atoms with van der Waals surface area (Å²) < 4.78 is 23.0. The summed E-state index contributed by atoms with van der Waals surface area (Å²) in [4.78, 5) is 24.2. The van der Waals surface area contributed by atoms with Gasteiger partial charge < -0.3 is 5.32 Å². The van der Waals surface area contributed by atoms with Crippen LogP contribution in [0.1, 0.15) is 33.6 Å². The lowest BCUT2D eigenvalue weighted by Gasteiger charge is -2.28. The summed E-state index contributed by atoms with van der Waals surface area (Å²) in [6, 6.07) is -0.460. The van der Waals surface area contributed by atoms with E-state index >= 15 is 0 Å². The minimum Gasteiger partial charge on any atom is -0.305 e. The summed E-state index contributed by atoms with van der Waals surface area (Å²) in [5.74, 6) is -0.493. The van der Waals surface area contributed by atoms with E-state index in [4.69, 9.17) is 0 Å². The number of likely N-dealkylation sites (tertiary alicyclic amines) is 1. The second kappa shape index (κ2) is 5.58. The Morgan fingerprint density at radius 1 is 1.32 bits per heavy atom. The fourth-order valence-electron chi connectivity index (χ4n) is 1.78. The summed E-state index contributed by atoms with van der Waals surface area (Å²) in [6.45, 7) is 5.18. The molecule has 0 aromatic rings. The lowest BCUT2D eigenvalue weighted by molar-refractivity contribution is -0.148. The number of hydrogen-bond acceptors (Lipinski definition) is 5. The van der Waals surface area contributed by atoms with Crippen LogP contribution in [0.3, 0.4) is 0 Å². The quantitative estimate of drug-likeness (QED) is 0.733. The second-order valence-corrected chi connectivity index (χ2v) is 8.63. The molecular weight excluding hydrogens is 268 g/mol. The van der Waals surface area contributed by atoms with E-state index in [1.165, 1.54) is 7.05 Å². The predicted octanol–water partition coefficient (Wildman–Crippen LogP) is -0.0633. The Hall–Kier alpha value is -0.950. The molecule has 1 atom stereocenters. The summed E-state index contributed by atoms with van der Waals surface area (Å²) in [5, 5.41) is 2.93. The van der Waals surface area contributed by atoms with E-state index < -0.39 is 20.6 Å². The van der Waals surface area contributed by atoms with Crippen LogP contribution in [0.25, 0.3) is 0 Å². The van der Waals surface area contributed by atoms with Gasteiger partial charge >= 0.3 is 0 Å². The van der Waals surface area contributed by atoms with Crippen molar-refractivity contribution in [2.75, 3.05) is 19.3 Å². The Kier molecular flexibility index (Phi) is 4.73. The number of carbonyl (C=O) groups is 2. The fourth-order valence-corrected chi connectivity index (χ4v) is 2.78. The van der Waals surface area contributed by atoms with Crippen molar-refractivity contribution in [2.45, 2.75) is 44.4 Å². The highest BCUT2D eigenvalue weighted by atomic mass is 32.2. The molecule has 1 saturated heterocycles. The lowest BCUT2D eigenvalue weighted by atomic mass is 10.1. The van der Waals surface area contributed by atoms with Gasteiger partial charge in [0.15, 0.2) is 9.84 Å². The van der Waals surface area contributed by atoms with Crippen LogP contribution in [0.5, 0.6) is 0 Å². The van der Waals surface area contributed by atoms with Crippen molar-refractivity contribution in [3.05, 3.63) is 0 Å². The third kappa shape index (κ3) is 3.76. The van der Waals surface area contributed by atoms with Crippen molar-refractivity contribution < 1.29 is 18.0 Å². The second-order valence-electron chi connectivity index (χ2n) is 5.77. The zero-order valence-electron chi connectivity index (χ0n) is 11.9. The Labute approximate surface area is 114 Å². The van der Waals surface area contributed by atoms with Crippen molar-refractivity contribution >= 4 is 21.7 Å². The molecule has 0 aromatic heterocycles. The molecule has 1 aliphatic rings. The summed E-state index contributed by atoms with van der Waals surface area (Å²) in [5.41, 5.74) is 0. The van der Waals surface area contributed by atoms with E-state index in [2.05, 4.69) is 5.32 Å². The highest BCUT2D eigenvalue weighted by Crippen LogP contribution is 2.16. The minimum atomic E-state index is -3.19. The van der Waals surface area contributed by atoms with Gasteiger partial charge in [-0.3, -0.25) is 14.5 Å². The number of likely N-dealkylation sites (N-methyl/N-ethyl adjacent to an activating group) is 1. The summed E-state index contributed by atoms with van der Waals surface area (Å²) in [6.07, 6.45) is 0.740. The smallest absolute Gasteiger partial charge is 0.246 e. The molecule has 1 aliphatic heterocycles. The molecule has 19 heavy (non-hydrogen) atoms. The van der Waals surface area contributed by atoms with E-state index in [-0.39, 0.29) is 24.1 Å². The van der Waals surface area contributed by atoms with Crippen LogP contribution < -0.4 is 5.32 Å². The maximum Gasteiger partial charge on any atom is 0.246 e. The molecule has 2 amide bonds. The first-order chi connectivity index (χ1) is 8.56. The molecule has 0 aromatic carbocycles. The standard InChI is InChI=1S/C12H22N2O4S/c1-12(2,3)19(17,18)8-7-13-9-5-6-10(15)14(4)11(9)16/h9,13H,5-8H2,1-4H3. The number of hydrogen-bond donors (Lipinski definition) is 1. The topological polar surface area (TPSA) is 83.6 Å². The highest BCUT2D eigenvalue weighted by Gasteiger charge is 2.32. The molecule has 1 fully saturated rings. The summed E-state index contributed by atoms with van der Waals surface area (Å²) in [7, 11) is -1.75. The van der Waals surface area contributed by atoms with E-state index in [1.807, 2.05) is 0 Å². The van der Waals surface area contributed by atoms with Gasteiger partial charge in [-0.1, -0.05) is 0 Å². The van der Waals surface area contributed by atoms with Gasteiger partial charge in [-0.2, -0.15) is 0 Å². The van der Waals surface area contributed by atoms with Gasteiger partial charge in [0.2, 0.25) is 11.8 Å².